The van der Waals surface area contributed by atoms with Crippen molar-refractivity contribution in [2.45, 2.75) is 50.8 Å². The Balaban J connectivity index is 2.48. The van der Waals surface area contributed by atoms with Gasteiger partial charge in [0.15, 0.2) is 0 Å². The van der Waals surface area contributed by atoms with Crippen LogP contribution in [0.5, 0.6) is 0 Å². The summed E-state index contributed by atoms with van der Waals surface area (Å²) < 4.78 is 28.1. The number of carboxylic acid groups (broad SMARTS) is 1. The first-order valence-electron chi connectivity index (χ1n) is 8.03. The van der Waals surface area contributed by atoms with Gasteiger partial charge in [0.1, 0.15) is 4.88 Å². The van der Waals surface area contributed by atoms with Crippen molar-refractivity contribution in [3.63, 3.8) is 0 Å². The van der Waals surface area contributed by atoms with Crippen LogP contribution >= 0.6 is 11.3 Å². The first kappa shape index (κ1) is 19.5. The van der Waals surface area contributed by atoms with Gasteiger partial charge in [0.2, 0.25) is 0 Å². The number of carboxylic acids is 1. The summed E-state index contributed by atoms with van der Waals surface area (Å²) in [5.74, 6) is -1.15. The van der Waals surface area contributed by atoms with Gasteiger partial charge in [-0.1, -0.05) is 46.2 Å². The monoisotopic (exact) mass is 381 g/mol. The van der Waals surface area contributed by atoms with E-state index in [1.165, 1.54) is 6.07 Å². The molecule has 0 aliphatic rings. The molecule has 2 rings (SSSR count). The Bertz CT molecular complexity index is 877. The van der Waals surface area contributed by atoms with Crippen LogP contribution in [0, 0.1) is 0 Å². The number of anilines is 1. The maximum absolute atomic E-state index is 12.8. The fourth-order valence-corrected chi connectivity index (χ4v) is 4.60. The van der Waals surface area contributed by atoms with Gasteiger partial charge in [0.25, 0.3) is 10.0 Å². The van der Waals surface area contributed by atoms with E-state index in [1.54, 1.807) is 11.4 Å². The second-order valence-corrected chi connectivity index (χ2v) is 9.46. The SMILES string of the molecule is CCCc1cc(C(C)(C)C)ccc1S(=O)(=O)Nc1ccsc1C(=O)O. The summed E-state index contributed by atoms with van der Waals surface area (Å²) in [6, 6.07) is 6.83. The first-order chi connectivity index (χ1) is 11.6. The van der Waals surface area contributed by atoms with Gasteiger partial charge in [-0.25, -0.2) is 13.2 Å². The molecule has 7 heteroatoms. The van der Waals surface area contributed by atoms with Crippen molar-refractivity contribution in [3.05, 3.63) is 45.6 Å². The summed E-state index contributed by atoms with van der Waals surface area (Å²) in [5.41, 5.74) is 1.83. The van der Waals surface area contributed by atoms with Crippen LogP contribution < -0.4 is 4.72 Å². The molecule has 0 bridgehead atoms. The summed E-state index contributed by atoms with van der Waals surface area (Å²) in [5, 5.41) is 10.7. The largest absolute Gasteiger partial charge is 0.477 e. The average molecular weight is 382 g/mol. The molecule has 0 unspecified atom stereocenters. The van der Waals surface area contributed by atoms with E-state index in [9.17, 15) is 13.2 Å². The number of hydrogen-bond acceptors (Lipinski definition) is 4. The van der Waals surface area contributed by atoms with Crippen molar-refractivity contribution in [1.29, 1.82) is 0 Å². The molecule has 0 saturated carbocycles. The first-order valence-corrected chi connectivity index (χ1v) is 10.4. The molecule has 0 aliphatic carbocycles. The van der Waals surface area contributed by atoms with Gasteiger partial charge in [0.05, 0.1) is 10.6 Å². The van der Waals surface area contributed by atoms with Crippen LogP contribution in [0.4, 0.5) is 5.69 Å². The van der Waals surface area contributed by atoms with E-state index in [0.29, 0.717) is 6.42 Å². The number of aromatic carboxylic acids is 1. The molecule has 0 spiro atoms. The van der Waals surface area contributed by atoms with Crippen molar-refractivity contribution in [3.8, 4) is 0 Å². The number of hydrogen-bond donors (Lipinski definition) is 2. The van der Waals surface area contributed by atoms with Crippen molar-refractivity contribution < 1.29 is 18.3 Å². The maximum atomic E-state index is 12.8. The molecule has 0 saturated heterocycles. The zero-order valence-corrected chi connectivity index (χ0v) is 16.4. The summed E-state index contributed by atoms with van der Waals surface area (Å²) in [4.78, 5) is 11.4. The predicted molar refractivity (Wildman–Crippen MR) is 101 cm³/mol. The predicted octanol–water partition coefficient (Wildman–Crippen LogP) is 4.50. The van der Waals surface area contributed by atoms with Crippen LogP contribution in [0.15, 0.2) is 34.5 Å². The van der Waals surface area contributed by atoms with Crippen LogP contribution in [-0.2, 0) is 21.9 Å². The van der Waals surface area contributed by atoms with Crippen molar-refractivity contribution in [1.82, 2.24) is 0 Å². The van der Waals surface area contributed by atoms with Crippen LogP contribution in [0.3, 0.4) is 0 Å². The molecule has 1 aromatic carbocycles. The molecule has 1 aromatic heterocycles. The van der Waals surface area contributed by atoms with Crippen LogP contribution in [0.2, 0.25) is 0 Å². The van der Waals surface area contributed by atoms with Gasteiger partial charge in [-0.2, -0.15) is 0 Å². The lowest BCUT2D eigenvalue weighted by Crippen LogP contribution is -2.18. The maximum Gasteiger partial charge on any atom is 0.348 e. The molecule has 2 N–H and O–H groups in total. The number of aryl methyl sites for hydroxylation is 1. The lowest BCUT2D eigenvalue weighted by Gasteiger charge is -2.21. The van der Waals surface area contributed by atoms with Crippen LogP contribution in [-0.4, -0.2) is 19.5 Å². The zero-order valence-electron chi connectivity index (χ0n) is 14.8. The Labute approximate surface area is 152 Å². The van der Waals surface area contributed by atoms with E-state index in [1.807, 2.05) is 19.1 Å². The Kier molecular flexibility index (Phi) is 5.58. The molecule has 0 atom stereocenters. The molecule has 0 fully saturated rings. The second-order valence-electron chi connectivity index (χ2n) is 6.90. The van der Waals surface area contributed by atoms with E-state index in [2.05, 4.69) is 25.5 Å². The normalized spacial score (nSPS) is 12.2. The fourth-order valence-electron chi connectivity index (χ4n) is 2.53. The van der Waals surface area contributed by atoms with Gasteiger partial charge < -0.3 is 5.11 Å². The number of sulfonamides is 1. The van der Waals surface area contributed by atoms with E-state index >= 15 is 0 Å². The molecule has 5 nitrogen and oxygen atoms in total. The average Bonchev–Trinajstić information content (AvgIpc) is 2.94. The Morgan fingerprint density at radius 3 is 2.48 bits per heavy atom. The third-order valence-corrected chi connectivity index (χ3v) is 6.21. The Morgan fingerprint density at radius 1 is 1.24 bits per heavy atom. The highest BCUT2D eigenvalue weighted by atomic mass is 32.2. The molecule has 0 radical (unpaired) electrons. The molecular formula is C18H23NO4S2. The van der Waals surface area contributed by atoms with Gasteiger partial charge >= 0.3 is 5.97 Å². The number of thiophene rings is 1. The minimum atomic E-state index is -3.86. The van der Waals surface area contributed by atoms with Crippen molar-refractivity contribution in [2.75, 3.05) is 4.72 Å². The number of carbonyl (C=O) groups is 1. The highest BCUT2D eigenvalue weighted by Gasteiger charge is 2.24. The molecular weight excluding hydrogens is 358 g/mol. The fraction of sp³-hybridized carbons (Fsp3) is 0.389. The topological polar surface area (TPSA) is 83.5 Å². The standard InChI is InChI=1S/C18H23NO4S2/c1-5-6-12-11-13(18(2,3)4)7-8-15(12)25(22,23)19-14-9-10-24-16(14)17(20)21/h7-11,19H,5-6H2,1-4H3,(H,20,21). The summed E-state index contributed by atoms with van der Waals surface area (Å²) in [6.07, 6.45) is 1.45. The lowest BCUT2D eigenvalue weighted by molar-refractivity contribution is 0.0703. The van der Waals surface area contributed by atoms with Gasteiger partial charge in [-0.3, -0.25) is 4.72 Å². The van der Waals surface area contributed by atoms with E-state index in [-0.39, 0.29) is 20.9 Å². The molecule has 0 amide bonds. The molecule has 0 aliphatic heterocycles. The molecule has 25 heavy (non-hydrogen) atoms. The zero-order chi connectivity index (χ0) is 18.8. The minimum absolute atomic E-state index is 0.0214. The summed E-state index contributed by atoms with van der Waals surface area (Å²) in [7, 11) is -3.86. The van der Waals surface area contributed by atoms with Crippen LogP contribution in [0.1, 0.15) is 54.9 Å². The summed E-state index contributed by atoms with van der Waals surface area (Å²) >= 11 is 0.987. The van der Waals surface area contributed by atoms with Crippen LogP contribution in [0.25, 0.3) is 0 Å². The molecule has 1 heterocycles. The number of benzene rings is 1. The second kappa shape index (κ2) is 7.17. The Morgan fingerprint density at radius 2 is 1.92 bits per heavy atom. The molecule has 136 valence electrons. The van der Waals surface area contributed by atoms with Gasteiger partial charge in [-0.15, -0.1) is 11.3 Å². The quantitative estimate of drug-likeness (QED) is 0.772. The third kappa shape index (κ3) is 4.41. The smallest absolute Gasteiger partial charge is 0.348 e. The molecule has 2 aromatic rings. The van der Waals surface area contributed by atoms with E-state index in [0.717, 1.165) is 28.9 Å². The van der Waals surface area contributed by atoms with Gasteiger partial charge in [-0.05, 0) is 40.5 Å². The van der Waals surface area contributed by atoms with E-state index in [4.69, 9.17) is 5.11 Å². The number of rotatable bonds is 6. The Hall–Kier alpha value is -1.86. The van der Waals surface area contributed by atoms with Gasteiger partial charge in [0, 0.05) is 0 Å². The van der Waals surface area contributed by atoms with E-state index < -0.39 is 16.0 Å². The highest BCUT2D eigenvalue weighted by molar-refractivity contribution is 7.92. The third-order valence-electron chi connectivity index (χ3n) is 3.84. The minimum Gasteiger partial charge on any atom is -0.477 e. The van der Waals surface area contributed by atoms with Crippen molar-refractivity contribution in [2.24, 2.45) is 0 Å². The summed E-state index contributed by atoms with van der Waals surface area (Å²) in [6.45, 7) is 8.23. The lowest BCUT2D eigenvalue weighted by atomic mass is 9.86. The number of nitrogens with one attached hydrogen (secondary N) is 1. The van der Waals surface area contributed by atoms with Crippen molar-refractivity contribution >= 4 is 33.0 Å². The highest BCUT2D eigenvalue weighted by Crippen LogP contribution is 2.30.